The highest BCUT2D eigenvalue weighted by Gasteiger charge is 2.18. The van der Waals surface area contributed by atoms with Crippen LogP contribution in [0, 0.1) is 17.8 Å². The van der Waals surface area contributed by atoms with Crippen LogP contribution in [0.3, 0.4) is 0 Å². The zero-order valence-corrected chi connectivity index (χ0v) is 15.8. The maximum Gasteiger partial charge on any atom is 0.337 e. The van der Waals surface area contributed by atoms with E-state index in [4.69, 9.17) is 9.84 Å². The van der Waals surface area contributed by atoms with Crippen molar-refractivity contribution in [3.05, 3.63) is 0 Å². The number of methoxy groups -OCH3 is 1. The molecule has 0 radical (unpaired) electrons. The van der Waals surface area contributed by atoms with E-state index in [0.29, 0.717) is 12.5 Å². The van der Waals surface area contributed by atoms with Crippen molar-refractivity contribution >= 4 is 5.97 Å². The van der Waals surface area contributed by atoms with Gasteiger partial charge in [0, 0.05) is 6.61 Å². The van der Waals surface area contributed by atoms with Crippen molar-refractivity contribution in [2.24, 2.45) is 17.8 Å². The average Bonchev–Trinajstić information content (AvgIpc) is 2.50. The molecule has 0 aliphatic heterocycles. The highest BCUT2D eigenvalue weighted by molar-refractivity contribution is 5.74. The smallest absolute Gasteiger partial charge is 0.337 e. The molecule has 0 rings (SSSR count). The van der Waals surface area contributed by atoms with Crippen LogP contribution in [0.15, 0.2) is 0 Å². The third-order valence-electron chi connectivity index (χ3n) is 4.43. The SMILES string of the molecule is COC(=O)C(CO)OCCC(C)CCCC(C)CCCC(C)C. The van der Waals surface area contributed by atoms with Gasteiger partial charge in [0.15, 0.2) is 6.10 Å². The minimum absolute atomic E-state index is 0.324. The fraction of sp³-hybridized carbons (Fsp3) is 0.947. The van der Waals surface area contributed by atoms with Gasteiger partial charge in [-0.25, -0.2) is 4.79 Å². The Morgan fingerprint density at radius 2 is 1.43 bits per heavy atom. The first-order chi connectivity index (χ1) is 10.9. The lowest BCUT2D eigenvalue weighted by atomic mass is 9.93. The van der Waals surface area contributed by atoms with Crippen LogP contribution in [0.25, 0.3) is 0 Å². The molecule has 0 aromatic rings. The molecule has 0 aliphatic rings. The molecular weight excluding hydrogens is 292 g/mol. The van der Waals surface area contributed by atoms with E-state index >= 15 is 0 Å². The lowest BCUT2D eigenvalue weighted by Gasteiger charge is -2.17. The molecule has 0 bridgehead atoms. The van der Waals surface area contributed by atoms with E-state index in [9.17, 15) is 4.79 Å². The van der Waals surface area contributed by atoms with Gasteiger partial charge in [-0.15, -0.1) is 0 Å². The van der Waals surface area contributed by atoms with Gasteiger partial charge in [0.1, 0.15) is 0 Å². The quantitative estimate of drug-likeness (QED) is 0.485. The zero-order valence-electron chi connectivity index (χ0n) is 15.8. The summed E-state index contributed by atoms with van der Waals surface area (Å²) in [4.78, 5) is 11.3. The minimum Gasteiger partial charge on any atom is -0.467 e. The molecule has 0 aliphatic carbocycles. The van der Waals surface area contributed by atoms with Crippen molar-refractivity contribution in [3.63, 3.8) is 0 Å². The van der Waals surface area contributed by atoms with Gasteiger partial charge in [-0.1, -0.05) is 66.2 Å². The molecule has 23 heavy (non-hydrogen) atoms. The highest BCUT2D eigenvalue weighted by atomic mass is 16.6. The molecule has 0 spiro atoms. The standard InChI is InChI=1S/C19H38O4/c1-15(2)8-6-9-16(3)10-7-11-17(4)12-13-23-18(14-20)19(21)22-5/h15-18,20H,6-14H2,1-5H3. The number of aliphatic hydroxyl groups excluding tert-OH is 1. The number of aliphatic hydroxyl groups is 1. The molecule has 0 aromatic heterocycles. The molecule has 4 heteroatoms. The molecule has 1 N–H and O–H groups in total. The lowest BCUT2D eigenvalue weighted by Crippen LogP contribution is -2.29. The van der Waals surface area contributed by atoms with Crippen molar-refractivity contribution in [1.29, 1.82) is 0 Å². The number of rotatable bonds is 14. The topological polar surface area (TPSA) is 55.8 Å². The number of carbonyl (C=O) groups excluding carboxylic acids is 1. The first kappa shape index (κ1) is 22.4. The summed E-state index contributed by atoms with van der Waals surface area (Å²) >= 11 is 0. The van der Waals surface area contributed by atoms with Crippen molar-refractivity contribution in [3.8, 4) is 0 Å². The van der Waals surface area contributed by atoms with Crippen LogP contribution in [0.1, 0.15) is 72.6 Å². The maximum absolute atomic E-state index is 11.3. The van der Waals surface area contributed by atoms with Gasteiger partial charge in [0.2, 0.25) is 0 Å². The second kappa shape index (κ2) is 13.8. The van der Waals surface area contributed by atoms with Crippen molar-refractivity contribution < 1.29 is 19.4 Å². The second-order valence-electron chi connectivity index (χ2n) is 7.32. The fourth-order valence-electron chi connectivity index (χ4n) is 2.72. The Labute approximate surface area is 142 Å². The summed E-state index contributed by atoms with van der Waals surface area (Å²) in [6.45, 7) is 9.32. The molecule has 0 saturated heterocycles. The Bertz CT molecular complexity index is 291. The lowest BCUT2D eigenvalue weighted by molar-refractivity contribution is -0.157. The predicted molar refractivity (Wildman–Crippen MR) is 94.3 cm³/mol. The van der Waals surface area contributed by atoms with Gasteiger partial charge in [0.05, 0.1) is 13.7 Å². The number of ether oxygens (including phenoxy) is 2. The normalized spacial score (nSPS) is 15.4. The van der Waals surface area contributed by atoms with Crippen molar-refractivity contribution in [1.82, 2.24) is 0 Å². The molecule has 3 atom stereocenters. The number of esters is 1. The summed E-state index contributed by atoms with van der Waals surface area (Å²) in [5.41, 5.74) is 0. The van der Waals surface area contributed by atoms with Gasteiger partial charge in [-0.3, -0.25) is 0 Å². The summed E-state index contributed by atoms with van der Waals surface area (Å²) in [5.74, 6) is 1.70. The zero-order chi connectivity index (χ0) is 17.7. The van der Waals surface area contributed by atoms with Gasteiger partial charge in [-0.2, -0.15) is 0 Å². The summed E-state index contributed by atoms with van der Waals surface area (Å²) in [5, 5.41) is 9.07. The molecular formula is C19H38O4. The third-order valence-corrected chi connectivity index (χ3v) is 4.43. The van der Waals surface area contributed by atoms with E-state index in [0.717, 1.165) is 18.3 Å². The molecule has 0 aromatic carbocycles. The monoisotopic (exact) mass is 330 g/mol. The molecule has 0 saturated carbocycles. The van der Waals surface area contributed by atoms with Crippen molar-refractivity contribution in [2.75, 3.05) is 20.3 Å². The Kier molecular flexibility index (Phi) is 13.4. The van der Waals surface area contributed by atoms with Crippen LogP contribution in [0.5, 0.6) is 0 Å². The molecule has 0 amide bonds. The largest absolute Gasteiger partial charge is 0.467 e. The number of hydrogen-bond donors (Lipinski definition) is 1. The first-order valence-corrected chi connectivity index (χ1v) is 9.20. The summed E-state index contributed by atoms with van der Waals surface area (Å²) in [7, 11) is 1.30. The molecule has 3 unspecified atom stereocenters. The third kappa shape index (κ3) is 12.5. The van der Waals surface area contributed by atoms with Gasteiger partial charge in [-0.05, 0) is 24.2 Å². The Morgan fingerprint density at radius 1 is 0.913 bits per heavy atom. The van der Waals surface area contributed by atoms with Crippen LogP contribution < -0.4 is 0 Å². The van der Waals surface area contributed by atoms with E-state index in [1.54, 1.807) is 0 Å². The van der Waals surface area contributed by atoms with E-state index in [1.165, 1.54) is 45.6 Å². The first-order valence-electron chi connectivity index (χ1n) is 9.20. The summed E-state index contributed by atoms with van der Waals surface area (Å²) in [6.07, 6.45) is 7.84. The molecule has 0 heterocycles. The van der Waals surface area contributed by atoms with E-state index in [2.05, 4.69) is 32.4 Å². The fourth-order valence-corrected chi connectivity index (χ4v) is 2.72. The van der Waals surface area contributed by atoms with Crippen molar-refractivity contribution in [2.45, 2.75) is 78.7 Å². The van der Waals surface area contributed by atoms with Crippen LogP contribution in [-0.4, -0.2) is 37.5 Å². The van der Waals surface area contributed by atoms with E-state index in [-0.39, 0.29) is 6.61 Å². The average molecular weight is 331 g/mol. The minimum atomic E-state index is -0.840. The van der Waals surface area contributed by atoms with Gasteiger partial charge in [0.25, 0.3) is 0 Å². The van der Waals surface area contributed by atoms with Crippen LogP contribution in [0.2, 0.25) is 0 Å². The van der Waals surface area contributed by atoms with Gasteiger partial charge >= 0.3 is 5.97 Å². The van der Waals surface area contributed by atoms with Crippen LogP contribution in [0.4, 0.5) is 0 Å². The summed E-state index contributed by atoms with van der Waals surface area (Å²) < 4.78 is 9.97. The van der Waals surface area contributed by atoms with Crippen LogP contribution >= 0.6 is 0 Å². The maximum atomic E-state index is 11.3. The Hall–Kier alpha value is -0.610. The second-order valence-corrected chi connectivity index (χ2v) is 7.32. The predicted octanol–water partition coefficient (Wildman–Crippen LogP) is 4.20. The Balaban J connectivity index is 3.66. The van der Waals surface area contributed by atoms with Gasteiger partial charge < -0.3 is 14.6 Å². The molecule has 4 nitrogen and oxygen atoms in total. The molecule has 0 fully saturated rings. The summed E-state index contributed by atoms with van der Waals surface area (Å²) in [6, 6.07) is 0. The highest BCUT2D eigenvalue weighted by Crippen LogP contribution is 2.20. The molecule has 138 valence electrons. The number of hydrogen-bond acceptors (Lipinski definition) is 4. The number of carbonyl (C=O) groups is 1. The van der Waals surface area contributed by atoms with E-state index < -0.39 is 12.1 Å². The van der Waals surface area contributed by atoms with Crippen LogP contribution in [-0.2, 0) is 14.3 Å². The van der Waals surface area contributed by atoms with E-state index in [1.807, 2.05) is 0 Å². The Morgan fingerprint density at radius 3 is 1.91 bits per heavy atom.